The molecule has 1 fully saturated rings. The van der Waals surface area contributed by atoms with Crippen molar-refractivity contribution < 1.29 is 9.53 Å². The number of piperidine rings is 1. The molecule has 4 rings (SSSR count). The standard InChI is InChI=1S/C30H37N3O2/c1-31-20-16-28(25-12-6-3-7-13-25)35-29-15-9-8-14-27(29)32-30(34)26-18-22-33(23-19-26)21-17-24-10-4-2-5-11-24/h2-15,26,28,31H,16-23H2,1H3,(H,32,34). The monoisotopic (exact) mass is 471 g/mol. The molecule has 1 aliphatic rings. The van der Waals surface area contributed by atoms with E-state index in [0.717, 1.165) is 63.1 Å². The molecule has 35 heavy (non-hydrogen) atoms. The van der Waals surface area contributed by atoms with Gasteiger partial charge in [-0.2, -0.15) is 0 Å². The number of benzene rings is 3. The van der Waals surface area contributed by atoms with E-state index in [2.05, 4.69) is 58.0 Å². The topological polar surface area (TPSA) is 53.6 Å². The van der Waals surface area contributed by atoms with Crippen LogP contribution in [0.3, 0.4) is 0 Å². The van der Waals surface area contributed by atoms with Gasteiger partial charge >= 0.3 is 0 Å². The minimum absolute atomic E-state index is 0.0326. The summed E-state index contributed by atoms with van der Waals surface area (Å²) >= 11 is 0. The fourth-order valence-corrected chi connectivity index (χ4v) is 4.65. The average molecular weight is 472 g/mol. The second-order valence-electron chi connectivity index (χ2n) is 9.25. The summed E-state index contributed by atoms with van der Waals surface area (Å²) in [6.07, 6.45) is 3.58. The third-order valence-electron chi connectivity index (χ3n) is 6.76. The molecular formula is C30H37N3O2. The number of hydrogen-bond donors (Lipinski definition) is 2. The van der Waals surface area contributed by atoms with E-state index < -0.39 is 0 Å². The van der Waals surface area contributed by atoms with Gasteiger partial charge in [0.15, 0.2) is 0 Å². The van der Waals surface area contributed by atoms with Crippen LogP contribution in [0.4, 0.5) is 5.69 Å². The van der Waals surface area contributed by atoms with Crippen molar-refractivity contribution in [1.82, 2.24) is 10.2 Å². The Hall–Kier alpha value is -3.15. The summed E-state index contributed by atoms with van der Waals surface area (Å²) < 4.78 is 6.45. The third-order valence-corrected chi connectivity index (χ3v) is 6.76. The molecular weight excluding hydrogens is 434 g/mol. The first-order valence-electron chi connectivity index (χ1n) is 12.8. The lowest BCUT2D eigenvalue weighted by Gasteiger charge is -2.31. The molecule has 5 nitrogen and oxygen atoms in total. The van der Waals surface area contributed by atoms with Gasteiger partial charge in [-0.15, -0.1) is 0 Å². The molecule has 0 radical (unpaired) electrons. The van der Waals surface area contributed by atoms with Crippen LogP contribution in [0.15, 0.2) is 84.9 Å². The van der Waals surface area contributed by atoms with Crippen LogP contribution in [0.2, 0.25) is 0 Å². The van der Waals surface area contributed by atoms with E-state index in [4.69, 9.17) is 4.74 Å². The van der Waals surface area contributed by atoms with Crippen molar-refractivity contribution in [2.24, 2.45) is 5.92 Å². The molecule has 184 valence electrons. The minimum atomic E-state index is -0.0884. The smallest absolute Gasteiger partial charge is 0.227 e. The van der Waals surface area contributed by atoms with Gasteiger partial charge in [0.2, 0.25) is 5.91 Å². The zero-order valence-electron chi connectivity index (χ0n) is 20.7. The molecule has 0 bridgehead atoms. The van der Waals surface area contributed by atoms with Crippen LogP contribution in [-0.4, -0.2) is 44.0 Å². The Bertz CT molecular complexity index is 1030. The van der Waals surface area contributed by atoms with Crippen LogP contribution in [0.1, 0.15) is 36.5 Å². The van der Waals surface area contributed by atoms with Crippen molar-refractivity contribution >= 4 is 11.6 Å². The summed E-state index contributed by atoms with van der Waals surface area (Å²) in [6.45, 7) is 3.81. The molecule has 1 atom stereocenters. The van der Waals surface area contributed by atoms with Gasteiger partial charge in [0.05, 0.1) is 5.69 Å². The molecule has 1 aliphatic heterocycles. The summed E-state index contributed by atoms with van der Waals surface area (Å²) in [6, 6.07) is 28.6. The van der Waals surface area contributed by atoms with Crippen LogP contribution >= 0.6 is 0 Å². The van der Waals surface area contributed by atoms with E-state index in [9.17, 15) is 4.79 Å². The predicted molar refractivity (Wildman–Crippen MR) is 143 cm³/mol. The number of nitrogens with zero attached hydrogens (tertiary/aromatic N) is 1. The van der Waals surface area contributed by atoms with Gasteiger partial charge in [-0.1, -0.05) is 72.8 Å². The van der Waals surface area contributed by atoms with Crippen molar-refractivity contribution in [3.05, 3.63) is 96.1 Å². The Morgan fingerprint density at radius 3 is 2.31 bits per heavy atom. The number of amides is 1. The molecule has 1 heterocycles. The molecule has 1 saturated heterocycles. The molecule has 0 saturated carbocycles. The van der Waals surface area contributed by atoms with E-state index in [0.29, 0.717) is 5.75 Å². The van der Waals surface area contributed by atoms with Gasteiger partial charge in [0.1, 0.15) is 11.9 Å². The van der Waals surface area contributed by atoms with E-state index in [1.54, 1.807) is 0 Å². The van der Waals surface area contributed by atoms with E-state index >= 15 is 0 Å². The Labute approximate surface area is 209 Å². The lowest BCUT2D eigenvalue weighted by atomic mass is 9.95. The van der Waals surface area contributed by atoms with Gasteiger partial charge in [-0.3, -0.25) is 4.79 Å². The molecule has 3 aromatic rings. The van der Waals surface area contributed by atoms with Gasteiger partial charge in [0, 0.05) is 18.9 Å². The third kappa shape index (κ3) is 7.41. The van der Waals surface area contributed by atoms with Crippen LogP contribution in [-0.2, 0) is 11.2 Å². The van der Waals surface area contributed by atoms with E-state index in [1.165, 1.54) is 5.56 Å². The van der Waals surface area contributed by atoms with Gasteiger partial charge in [-0.25, -0.2) is 0 Å². The van der Waals surface area contributed by atoms with Crippen molar-refractivity contribution in [3.8, 4) is 5.75 Å². The normalized spacial score (nSPS) is 15.5. The molecule has 1 amide bonds. The Morgan fingerprint density at radius 2 is 1.60 bits per heavy atom. The van der Waals surface area contributed by atoms with E-state index in [1.807, 2.05) is 49.5 Å². The van der Waals surface area contributed by atoms with Crippen LogP contribution in [0, 0.1) is 5.92 Å². The number of carbonyl (C=O) groups excluding carboxylic acids is 1. The number of rotatable bonds is 11. The first kappa shape index (κ1) is 25.0. The average Bonchev–Trinajstić information content (AvgIpc) is 2.92. The molecule has 0 spiro atoms. The quantitative estimate of drug-likeness (QED) is 0.398. The maximum absolute atomic E-state index is 13.1. The summed E-state index contributed by atoms with van der Waals surface area (Å²) in [5.41, 5.74) is 3.24. The number of hydrogen-bond acceptors (Lipinski definition) is 4. The van der Waals surface area contributed by atoms with Crippen LogP contribution < -0.4 is 15.4 Å². The van der Waals surface area contributed by atoms with Crippen LogP contribution in [0.5, 0.6) is 5.75 Å². The fraction of sp³-hybridized carbons (Fsp3) is 0.367. The Balaban J connectivity index is 1.33. The van der Waals surface area contributed by atoms with Crippen molar-refractivity contribution in [1.29, 1.82) is 0 Å². The summed E-state index contributed by atoms with van der Waals surface area (Å²) in [5, 5.41) is 6.38. The minimum Gasteiger partial charge on any atom is -0.484 e. The summed E-state index contributed by atoms with van der Waals surface area (Å²) in [5.74, 6) is 0.839. The maximum Gasteiger partial charge on any atom is 0.227 e. The molecule has 3 aromatic carbocycles. The molecule has 2 N–H and O–H groups in total. The van der Waals surface area contributed by atoms with Gasteiger partial charge in [-0.05, 0) is 69.2 Å². The van der Waals surface area contributed by atoms with E-state index in [-0.39, 0.29) is 17.9 Å². The zero-order valence-corrected chi connectivity index (χ0v) is 20.7. The van der Waals surface area contributed by atoms with Crippen LogP contribution in [0.25, 0.3) is 0 Å². The summed E-state index contributed by atoms with van der Waals surface area (Å²) in [4.78, 5) is 15.6. The molecule has 1 unspecified atom stereocenters. The number of ether oxygens (including phenoxy) is 1. The lowest BCUT2D eigenvalue weighted by Crippen LogP contribution is -2.39. The fourth-order valence-electron chi connectivity index (χ4n) is 4.65. The highest BCUT2D eigenvalue weighted by Gasteiger charge is 2.26. The first-order valence-corrected chi connectivity index (χ1v) is 12.8. The molecule has 5 heteroatoms. The number of para-hydroxylation sites is 2. The van der Waals surface area contributed by atoms with Crippen molar-refractivity contribution in [2.45, 2.75) is 31.8 Å². The number of nitrogens with one attached hydrogen (secondary N) is 2. The number of likely N-dealkylation sites (tertiary alicyclic amines) is 1. The van der Waals surface area contributed by atoms with Crippen molar-refractivity contribution in [3.63, 3.8) is 0 Å². The highest BCUT2D eigenvalue weighted by atomic mass is 16.5. The Morgan fingerprint density at radius 1 is 0.943 bits per heavy atom. The van der Waals surface area contributed by atoms with Crippen molar-refractivity contribution in [2.75, 3.05) is 38.5 Å². The second-order valence-corrected chi connectivity index (χ2v) is 9.25. The molecule has 0 aromatic heterocycles. The van der Waals surface area contributed by atoms with Gasteiger partial charge in [0.25, 0.3) is 0 Å². The highest BCUT2D eigenvalue weighted by Crippen LogP contribution is 2.31. The number of anilines is 1. The zero-order chi connectivity index (χ0) is 24.3. The second kappa shape index (κ2) is 13.1. The summed E-state index contributed by atoms with van der Waals surface area (Å²) in [7, 11) is 1.95. The largest absolute Gasteiger partial charge is 0.484 e. The lowest BCUT2D eigenvalue weighted by molar-refractivity contribution is -0.121. The van der Waals surface area contributed by atoms with Gasteiger partial charge < -0.3 is 20.3 Å². The predicted octanol–water partition coefficient (Wildman–Crippen LogP) is 5.31. The highest BCUT2D eigenvalue weighted by molar-refractivity contribution is 5.94. The Kier molecular flexibility index (Phi) is 9.32. The SMILES string of the molecule is CNCCC(Oc1ccccc1NC(=O)C1CCN(CCc2ccccc2)CC1)c1ccccc1. The first-order chi connectivity index (χ1) is 17.2. The number of carbonyl (C=O) groups is 1. The maximum atomic E-state index is 13.1. The molecule has 0 aliphatic carbocycles.